The van der Waals surface area contributed by atoms with Gasteiger partial charge in [0.2, 0.25) is 0 Å². The van der Waals surface area contributed by atoms with Gasteiger partial charge in [-0.1, -0.05) is 45.0 Å². The zero-order valence-corrected chi connectivity index (χ0v) is 29.0. The van der Waals surface area contributed by atoms with Crippen LogP contribution < -0.4 is 20.1 Å². The number of aliphatic hydroxyl groups is 1. The number of β-amino-alcohol motifs (C(OH)–C–C–N with tert-alkyl or cyclic N) is 1. The summed E-state index contributed by atoms with van der Waals surface area (Å²) in [5, 5.41) is 24.7. The second-order valence-electron chi connectivity index (χ2n) is 14.1. The number of ether oxygens (including phenoxy) is 1. The number of nitrogens with one attached hydrogen (secondary N) is 3. The number of aromatic nitrogens is 3. The van der Waals surface area contributed by atoms with Crippen LogP contribution in [-0.4, -0.2) is 61.1 Å². The molecule has 2 aromatic carbocycles. The number of fused-ring (bicyclic) bond motifs is 2. The highest BCUT2D eigenvalue weighted by Crippen LogP contribution is 2.40. The maximum absolute atomic E-state index is 13.3. The van der Waals surface area contributed by atoms with Gasteiger partial charge < -0.3 is 20.5 Å². The quantitative estimate of drug-likeness (QED) is 0.135. The molecule has 48 heavy (non-hydrogen) atoms. The predicted octanol–water partition coefficient (Wildman–Crippen LogP) is 6.04. The van der Waals surface area contributed by atoms with Crippen LogP contribution in [0.3, 0.4) is 0 Å². The molecule has 1 aliphatic carbocycles. The summed E-state index contributed by atoms with van der Waals surface area (Å²) in [6, 6.07) is 16.6. The molecule has 0 spiro atoms. The highest BCUT2D eigenvalue weighted by atomic mass is 32.3. The summed E-state index contributed by atoms with van der Waals surface area (Å²) < 4.78 is 33.2. The van der Waals surface area contributed by atoms with Crippen molar-refractivity contribution in [1.82, 2.24) is 24.8 Å². The Hall–Kier alpha value is -4.04. The Labute approximate surface area is 282 Å². The molecule has 2 amide bonds. The summed E-state index contributed by atoms with van der Waals surface area (Å²) in [5.41, 5.74) is 4.04. The summed E-state index contributed by atoms with van der Waals surface area (Å²) in [5.74, 6) is 1.54. The Morgan fingerprint density at radius 3 is 2.56 bits per heavy atom. The number of pyridine rings is 1. The molecule has 13 heteroatoms. The van der Waals surface area contributed by atoms with Crippen molar-refractivity contribution >= 4 is 33.5 Å². The van der Waals surface area contributed by atoms with Gasteiger partial charge >= 0.3 is 16.4 Å². The van der Waals surface area contributed by atoms with E-state index in [1.54, 1.807) is 6.07 Å². The molecule has 256 valence electrons. The van der Waals surface area contributed by atoms with Crippen molar-refractivity contribution < 1.29 is 23.4 Å². The molecule has 4 aromatic rings. The van der Waals surface area contributed by atoms with Crippen LogP contribution in [0.25, 0.3) is 5.65 Å². The van der Waals surface area contributed by atoms with E-state index in [-0.39, 0.29) is 35.7 Å². The van der Waals surface area contributed by atoms with Gasteiger partial charge in [0, 0.05) is 12.2 Å². The van der Waals surface area contributed by atoms with E-state index >= 15 is 0 Å². The number of amides is 2. The van der Waals surface area contributed by atoms with E-state index in [9.17, 15) is 18.7 Å². The number of hydrogen-bond acceptors (Lipinski definition) is 7. The molecule has 12 nitrogen and oxygen atoms in total. The fourth-order valence-electron chi connectivity index (χ4n) is 6.98. The van der Waals surface area contributed by atoms with Crippen LogP contribution in [0, 0.1) is 0 Å². The maximum Gasteiger partial charge on any atom is 0.319 e. The van der Waals surface area contributed by atoms with E-state index in [0.717, 1.165) is 47.5 Å². The Morgan fingerprint density at radius 1 is 1.08 bits per heavy atom. The third-order valence-electron chi connectivity index (χ3n) is 9.40. The van der Waals surface area contributed by atoms with Gasteiger partial charge in [-0.2, -0.15) is 9.27 Å². The van der Waals surface area contributed by atoms with Gasteiger partial charge in [-0.15, -0.1) is 10.2 Å². The topological polar surface area (TPSA) is 153 Å². The molecule has 1 aliphatic heterocycles. The summed E-state index contributed by atoms with van der Waals surface area (Å²) in [7, 11) is -3.25. The van der Waals surface area contributed by atoms with Crippen molar-refractivity contribution in [2.45, 2.75) is 76.5 Å². The third-order valence-corrected chi connectivity index (χ3v) is 10.0. The monoisotopic (exact) mass is 676 g/mol. The summed E-state index contributed by atoms with van der Waals surface area (Å²) in [4.78, 5) is 15.6. The van der Waals surface area contributed by atoms with Crippen molar-refractivity contribution in [3.05, 3.63) is 83.3 Å². The molecule has 1 unspecified atom stereocenters. The van der Waals surface area contributed by atoms with Crippen LogP contribution in [0.15, 0.2) is 60.8 Å². The number of nitrogens with zero attached hydrogens (tertiary/aromatic N) is 4. The number of rotatable bonds is 9. The van der Waals surface area contributed by atoms with E-state index in [1.165, 1.54) is 6.26 Å². The lowest BCUT2D eigenvalue weighted by Gasteiger charge is -2.33. The third kappa shape index (κ3) is 7.19. The molecule has 1 fully saturated rings. The van der Waals surface area contributed by atoms with E-state index in [0.29, 0.717) is 36.5 Å². The van der Waals surface area contributed by atoms with Crippen LogP contribution in [0.5, 0.6) is 5.75 Å². The average Bonchev–Trinajstić information content (AvgIpc) is 3.61. The maximum atomic E-state index is 13.3. The second kappa shape index (κ2) is 13.1. The van der Waals surface area contributed by atoms with Gasteiger partial charge in [0.05, 0.1) is 30.1 Å². The lowest BCUT2D eigenvalue weighted by molar-refractivity contribution is 0.113. The molecule has 2 aliphatic rings. The van der Waals surface area contributed by atoms with Crippen LogP contribution in [0.1, 0.15) is 88.0 Å². The highest BCUT2D eigenvalue weighted by Gasteiger charge is 2.41. The van der Waals surface area contributed by atoms with E-state index in [1.807, 2.05) is 79.9 Å². The van der Waals surface area contributed by atoms with Gasteiger partial charge in [-0.25, -0.2) is 4.79 Å². The first-order valence-electron chi connectivity index (χ1n) is 16.4. The average molecular weight is 677 g/mol. The number of anilines is 2. The first-order chi connectivity index (χ1) is 22.7. The highest BCUT2D eigenvalue weighted by molar-refractivity contribution is 7.98. The molecule has 4 atom stereocenters. The standard InChI is InChI=1S/C35H45N7O5S/c1-34(2,3)23-19-24(21-25(20-23)40-48(5,45)46)36-33(44)37-29-12-13-30(28-10-7-6-9-27(28)29)47-26-11-14-31-38-39-32(42(31)22-26)35(4)15-8-16-41(35)17-18-43/h6-7,9-11,14,19-22,29-30,43H,8,12-13,15-18H2,1-5H3,(H3-,36,37,40,44,45,46)/p+1/t29-,30+,35-/m0/s1. The molecule has 6 rings (SSSR count). The van der Waals surface area contributed by atoms with Crippen LogP contribution >= 0.6 is 0 Å². The summed E-state index contributed by atoms with van der Waals surface area (Å²) in [6.45, 7) is 9.87. The van der Waals surface area contributed by atoms with Crippen molar-refractivity contribution in [2.24, 2.45) is 0 Å². The van der Waals surface area contributed by atoms with Crippen LogP contribution in [0.2, 0.25) is 0 Å². The molecule has 5 N–H and O–H groups in total. The van der Waals surface area contributed by atoms with Crippen molar-refractivity contribution in [2.75, 3.05) is 36.0 Å². The zero-order valence-electron chi connectivity index (χ0n) is 28.2. The minimum absolute atomic E-state index is 0.0928. The summed E-state index contributed by atoms with van der Waals surface area (Å²) in [6.07, 6.45) is 6.26. The predicted molar refractivity (Wildman–Crippen MR) is 188 cm³/mol. The summed E-state index contributed by atoms with van der Waals surface area (Å²) >= 11 is 0. The Kier molecular flexibility index (Phi) is 9.24. The van der Waals surface area contributed by atoms with Gasteiger partial charge in [-0.3, -0.25) is 9.30 Å². The minimum Gasteiger partial charge on any atom is -0.484 e. The molecule has 1 saturated heterocycles. The number of aliphatic hydroxyl groups excluding tert-OH is 1. The molecule has 2 aromatic heterocycles. The Bertz CT molecular complexity index is 1850. The first kappa shape index (κ1) is 33.8. The number of benzene rings is 2. The molecular weight excluding hydrogens is 630 g/mol. The van der Waals surface area contributed by atoms with Gasteiger partial charge in [0.1, 0.15) is 11.9 Å². The number of carbonyl (C=O) groups is 1. The van der Waals surface area contributed by atoms with Gasteiger partial charge in [0.15, 0.2) is 17.7 Å². The van der Waals surface area contributed by atoms with Gasteiger partial charge in [0.25, 0.3) is 0 Å². The van der Waals surface area contributed by atoms with Gasteiger partial charge in [-0.05, 0) is 95.8 Å². The SMILES string of the molecule is CC(C)(C)c1cc(NC(=O)N[C@H]2CC[C@@H](Oc3ccc4nnc([C@]5(C)CCCN5CCO)n4c3)c3ccccc32)cc(N[S+](C)(=O)O)c1. The van der Waals surface area contributed by atoms with Crippen LogP contribution in [-0.2, 0) is 25.6 Å². The van der Waals surface area contributed by atoms with E-state index in [2.05, 4.69) is 37.4 Å². The number of hydrogen-bond donors (Lipinski definition) is 5. The molecular formula is C35H46N7O5S+. The van der Waals surface area contributed by atoms with Crippen molar-refractivity contribution in [3.8, 4) is 5.75 Å². The second-order valence-corrected chi connectivity index (χ2v) is 15.9. The normalized spacial score (nSPS) is 22.6. The molecule has 3 heterocycles. The lowest BCUT2D eigenvalue weighted by Crippen LogP contribution is -2.41. The van der Waals surface area contributed by atoms with E-state index in [4.69, 9.17) is 4.74 Å². The smallest absolute Gasteiger partial charge is 0.319 e. The van der Waals surface area contributed by atoms with Crippen molar-refractivity contribution in [1.29, 1.82) is 0 Å². The molecule has 0 saturated carbocycles. The fourth-order valence-corrected chi connectivity index (χ4v) is 7.54. The fraction of sp³-hybridized carbons (Fsp3) is 0.457. The first-order valence-corrected chi connectivity index (χ1v) is 18.3. The molecule has 0 bridgehead atoms. The zero-order chi connectivity index (χ0) is 34.3. The number of likely N-dealkylation sites (tertiary alicyclic amines) is 1. The van der Waals surface area contributed by atoms with E-state index < -0.39 is 10.4 Å². The number of urea groups is 1. The Balaban J connectivity index is 1.19. The minimum atomic E-state index is -3.25. The van der Waals surface area contributed by atoms with Crippen LogP contribution in [0.4, 0.5) is 16.2 Å². The van der Waals surface area contributed by atoms with Crippen molar-refractivity contribution in [3.63, 3.8) is 0 Å². The Morgan fingerprint density at radius 2 is 1.83 bits per heavy atom. The number of carbonyl (C=O) groups excluding carboxylic acids is 1. The largest absolute Gasteiger partial charge is 0.484 e. The lowest BCUT2D eigenvalue weighted by atomic mass is 9.85. The molecule has 0 radical (unpaired) electrons.